The molecule has 2 saturated carbocycles. The molecule has 0 radical (unpaired) electrons. The van der Waals surface area contributed by atoms with Gasteiger partial charge < -0.3 is 0 Å². The minimum Gasteiger partial charge on any atom is -0.293 e. The van der Waals surface area contributed by atoms with E-state index in [1.54, 1.807) is 11.3 Å². The van der Waals surface area contributed by atoms with Gasteiger partial charge >= 0.3 is 0 Å². The molecular weight excluding hydrogens is 252 g/mol. The molecule has 1 aromatic heterocycles. The highest BCUT2D eigenvalue weighted by Crippen LogP contribution is 2.50. The molecule has 1 aromatic rings. The Labute approximate surface area is 119 Å². The number of rotatable bonds is 3. The van der Waals surface area contributed by atoms with Crippen molar-refractivity contribution in [1.82, 2.24) is 0 Å². The van der Waals surface area contributed by atoms with E-state index in [4.69, 9.17) is 0 Å². The first kappa shape index (κ1) is 12.1. The van der Waals surface area contributed by atoms with Crippen LogP contribution in [0.1, 0.15) is 65.1 Å². The van der Waals surface area contributed by atoms with Crippen molar-refractivity contribution >= 4 is 17.1 Å². The summed E-state index contributed by atoms with van der Waals surface area (Å²) < 4.78 is 0. The number of Topliss-reactive ketones (excluding diaryl/α,β-unsaturated/α-hetero) is 1. The van der Waals surface area contributed by atoms with Gasteiger partial charge in [0.05, 0.1) is 4.88 Å². The molecule has 3 aliphatic rings. The van der Waals surface area contributed by atoms with Crippen LogP contribution in [0.5, 0.6) is 0 Å². The lowest BCUT2D eigenvalue weighted by molar-refractivity contribution is 0.0948. The molecule has 0 amide bonds. The van der Waals surface area contributed by atoms with Crippen molar-refractivity contribution in [2.45, 2.75) is 57.8 Å². The lowest BCUT2D eigenvalue weighted by Crippen LogP contribution is -2.14. The lowest BCUT2D eigenvalue weighted by Gasteiger charge is -2.20. The van der Waals surface area contributed by atoms with Crippen molar-refractivity contribution in [1.29, 1.82) is 0 Å². The number of thiophene rings is 1. The Balaban J connectivity index is 1.47. The fourth-order valence-electron chi connectivity index (χ4n) is 4.59. The van der Waals surface area contributed by atoms with Gasteiger partial charge in [-0.3, -0.25) is 4.79 Å². The van der Waals surface area contributed by atoms with Gasteiger partial charge in [-0.15, -0.1) is 11.3 Å². The van der Waals surface area contributed by atoms with Gasteiger partial charge in [0.2, 0.25) is 0 Å². The zero-order valence-electron chi connectivity index (χ0n) is 11.5. The first-order valence-electron chi connectivity index (χ1n) is 7.94. The Kier molecular flexibility index (Phi) is 3.02. The maximum atomic E-state index is 12.5. The molecule has 0 saturated heterocycles. The van der Waals surface area contributed by atoms with Crippen LogP contribution in [0.15, 0.2) is 6.07 Å². The van der Waals surface area contributed by atoms with E-state index in [1.165, 1.54) is 61.8 Å². The molecule has 2 heteroatoms. The molecule has 19 heavy (non-hydrogen) atoms. The van der Waals surface area contributed by atoms with E-state index in [2.05, 4.69) is 6.07 Å². The van der Waals surface area contributed by atoms with Gasteiger partial charge in [-0.1, -0.05) is 6.42 Å². The fraction of sp³-hybridized carbons (Fsp3) is 0.706. The normalized spacial score (nSPS) is 32.5. The summed E-state index contributed by atoms with van der Waals surface area (Å²) in [6, 6.07) is 2.22. The Morgan fingerprint density at radius 1 is 1.21 bits per heavy atom. The molecule has 2 fully saturated rings. The van der Waals surface area contributed by atoms with Crippen LogP contribution in [0.3, 0.4) is 0 Å². The average Bonchev–Trinajstić information content (AvgIpc) is 3.12. The van der Waals surface area contributed by atoms with Crippen molar-refractivity contribution < 1.29 is 4.79 Å². The van der Waals surface area contributed by atoms with Gasteiger partial charge in [-0.2, -0.15) is 0 Å². The monoisotopic (exact) mass is 274 g/mol. The predicted octanol–water partition coefficient (Wildman–Crippen LogP) is 4.64. The Hall–Kier alpha value is -0.630. The molecule has 1 nitrogen and oxygen atoms in total. The molecule has 0 spiro atoms. The molecule has 4 rings (SSSR count). The average molecular weight is 274 g/mol. The third kappa shape index (κ3) is 2.18. The van der Waals surface area contributed by atoms with Crippen LogP contribution in [0.4, 0.5) is 0 Å². The molecule has 3 atom stereocenters. The summed E-state index contributed by atoms with van der Waals surface area (Å²) in [6.45, 7) is 0. The smallest absolute Gasteiger partial charge is 0.173 e. The summed E-state index contributed by atoms with van der Waals surface area (Å²) in [5, 5.41) is 0. The molecule has 0 aliphatic heterocycles. The van der Waals surface area contributed by atoms with Gasteiger partial charge in [0.1, 0.15) is 0 Å². The van der Waals surface area contributed by atoms with Crippen molar-refractivity contribution in [2.24, 2.45) is 17.8 Å². The van der Waals surface area contributed by atoms with E-state index in [1.807, 2.05) is 0 Å². The standard InChI is InChI=1S/C17H22OS/c18-15(9-14-8-11-5-6-12(14)7-11)17-10-13-3-1-2-4-16(13)19-17/h10-12,14H,1-9H2. The summed E-state index contributed by atoms with van der Waals surface area (Å²) >= 11 is 1.80. The quantitative estimate of drug-likeness (QED) is 0.734. The Bertz CT molecular complexity index is 478. The van der Waals surface area contributed by atoms with Crippen molar-refractivity contribution in [3.05, 3.63) is 21.4 Å². The van der Waals surface area contributed by atoms with Crippen LogP contribution in [-0.4, -0.2) is 5.78 Å². The van der Waals surface area contributed by atoms with E-state index in [0.717, 1.165) is 23.1 Å². The molecule has 3 aliphatic carbocycles. The highest BCUT2D eigenvalue weighted by Gasteiger charge is 2.40. The zero-order valence-corrected chi connectivity index (χ0v) is 12.3. The number of hydrogen-bond acceptors (Lipinski definition) is 2. The van der Waals surface area contributed by atoms with E-state index in [0.29, 0.717) is 11.7 Å². The van der Waals surface area contributed by atoms with Crippen LogP contribution >= 0.6 is 11.3 Å². The van der Waals surface area contributed by atoms with Gasteiger partial charge in [0.15, 0.2) is 5.78 Å². The Morgan fingerprint density at radius 3 is 2.84 bits per heavy atom. The zero-order chi connectivity index (χ0) is 12.8. The van der Waals surface area contributed by atoms with Crippen LogP contribution in [0, 0.1) is 17.8 Å². The van der Waals surface area contributed by atoms with Crippen molar-refractivity contribution in [3.63, 3.8) is 0 Å². The third-order valence-corrected chi connectivity index (χ3v) is 6.88. The summed E-state index contributed by atoms with van der Waals surface area (Å²) in [6.07, 6.45) is 11.4. The van der Waals surface area contributed by atoms with Gasteiger partial charge in [-0.25, -0.2) is 0 Å². The highest BCUT2D eigenvalue weighted by atomic mass is 32.1. The van der Waals surface area contributed by atoms with E-state index in [-0.39, 0.29) is 0 Å². The molecule has 102 valence electrons. The van der Waals surface area contributed by atoms with Gasteiger partial charge in [0, 0.05) is 11.3 Å². The summed E-state index contributed by atoms with van der Waals surface area (Å²) in [4.78, 5) is 15.1. The largest absolute Gasteiger partial charge is 0.293 e. The van der Waals surface area contributed by atoms with Crippen LogP contribution in [0.2, 0.25) is 0 Å². The number of hydrogen-bond donors (Lipinski definition) is 0. The minimum absolute atomic E-state index is 0.442. The van der Waals surface area contributed by atoms with E-state index < -0.39 is 0 Å². The van der Waals surface area contributed by atoms with Crippen molar-refractivity contribution in [2.75, 3.05) is 0 Å². The van der Waals surface area contributed by atoms with E-state index in [9.17, 15) is 4.79 Å². The topological polar surface area (TPSA) is 17.1 Å². The number of aryl methyl sites for hydroxylation is 2. The Morgan fingerprint density at radius 2 is 2.11 bits per heavy atom. The second-order valence-electron chi connectivity index (χ2n) is 6.83. The molecule has 0 aromatic carbocycles. The van der Waals surface area contributed by atoms with Crippen LogP contribution < -0.4 is 0 Å². The second kappa shape index (κ2) is 4.73. The van der Waals surface area contributed by atoms with Crippen LogP contribution in [-0.2, 0) is 12.8 Å². The molecule has 0 N–H and O–H groups in total. The second-order valence-corrected chi connectivity index (χ2v) is 7.97. The maximum Gasteiger partial charge on any atom is 0.173 e. The molecule has 3 unspecified atom stereocenters. The van der Waals surface area contributed by atoms with E-state index >= 15 is 0 Å². The molecular formula is C17H22OS. The number of ketones is 1. The minimum atomic E-state index is 0.442. The summed E-state index contributed by atoms with van der Waals surface area (Å²) in [5.74, 6) is 2.99. The predicted molar refractivity (Wildman–Crippen MR) is 78.8 cm³/mol. The molecule has 2 bridgehead atoms. The van der Waals surface area contributed by atoms with Crippen LogP contribution in [0.25, 0.3) is 0 Å². The van der Waals surface area contributed by atoms with Gasteiger partial charge in [-0.05, 0) is 74.3 Å². The summed E-state index contributed by atoms with van der Waals surface area (Å²) in [5.41, 5.74) is 1.48. The number of fused-ring (bicyclic) bond motifs is 3. The summed E-state index contributed by atoms with van der Waals surface area (Å²) in [7, 11) is 0. The molecule has 1 heterocycles. The SMILES string of the molecule is O=C(CC1CC2CCC1C2)c1cc2c(s1)CCCC2. The maximum absolute atomic E-state index is 12.5. The first-order chi connectivity index (χ1) is 9.29. The lowest BCUT2D eigenvalue weighted by atomic mass is 9.85. The third-order valence-electron chi connectivity index (χ3n) is 5.60. The number of carbonyl (C=O) groups is 1. The van der Waals surface area contributed by atoms with Gasteiger partial charge in [0.25, 0.3) is 0 Å². The fourth-order valence-corrected chi connectivity index (χ4v) is 5.80. The highest BCUT2D eigenvalue weighted by molar-refractivity contribution is 7.14. The van der Waals surface area contributed by atoms with Crippen molar-refractivity contribution in [3.8, 4) is 0 Å². The number of carbonyl (C=O) groups excluding carboxylic acids is 1. The first-order valence-corrected chi connectivity index (χ1v) is 8.76.